The zero-order valence-corrected chi connectivity index (χ0v) is 11.3. The summed E-state index contributed by atoms with van der Waals surface area (Å²) in [5.74, 6) is 0.868. The number of benzene rings is 1. The highest BCUT2D eigenvalue weighted by Crippen LogP contribution is 2.13. The first-order valence-corrected chi connectivity index (χ1v) is 6.91. The summed E-state index contributed by atoms with van der Waals surface area (Å²) in [6.45, 7) is 3.90. The van der Waals surface area contributed by atoms with Crippen molar-refractivity contribution in [2.75, 3.05) is 26.2 Å². The zero-order valence-electron chi connectivity index (χ0n) is 11.3. The number of nitrogens with zero attached hydrogens (tertiary/aromatic N) is 1. The van der Waals surface area contributed by atoms with Gasteiger partial charge < -0.3 is 20.2 Å². The van der Waals surface area contributed by atoms with Crippen molar-refractivity contribution in [3.05, 3.63) is 29.8 Å². The van der Waals surface area contributed by atoms with E-state index in [0.29, 0.717) is 12.5 Å². The molecule has 0 saturated carbocycles. The molecule has 1 saturated heterocycles. The van der Waals surface area contributed by atoms with Gasteiger partial charge in [-0.3, -0.25) is 0 Å². The molecule has 19 heavy (non-hydrogen) atoms. The first kappa shape index (κ1) is 14.0. The first-order chi connectivity index (χ1) is 9.28. The maximum atomic E-state index is 10.4. The minimum Gasteiger partial charge on any atom is -0.494 e. The molecule has 2 rings (SSSR count). The van der Waals surface area contributed by atoms with Gasteiger partial charge in [0.25, 0.3) is 0 Å². The Balaban J connectivity index is 1.63. The van der Waals surface area contributed by atoms with Gasteiger partial charge in [0.05, 0.1) is 6.61 Å². The highest BCUT2D eigenvalue weighted by molar-refractivity contribution is 5.55. The van der Waals surface area contributed by atoms with Crippen LogP contribution in [0, 0.1) is 0 Å². The van der Waals surface area contributed by atoms with Crippen LogP contribution in [0.5, 0.6) is 5.75 Å². The third-order valence-corrected chi connectivity index (χ3v) is 3.44. The summed E-state index contributed by atoms with van der Waals surface area (Å²) in [6.07, 6.45) is 3.51. The third kappa shape index (κ3) is 4.65. The van der Waals surface area contributed by atoms with Crippen molar-refractivity contribution in [3.63, 3.8) is 0 Å². The van der Waals surface area contributed by atoms with Gasteiger partial charge in [-0.25, -0.2) is 0 Å². The summed E-state index contributed by atoms with van der Waals surface area (Å²) >= 11 is 0. The number of carbonyl (C=O) groups is 1. The summed E-state index contributed by atoms with van der Waals surface area (Å²) < 4.78 is 5.68. The van der Waals surface area contributed by atoms with Gasteiger partial charge in [0.1, 0.15) is 12.0 Å². The van der Waals surface area contributed by atoms with Crippen LogP contribution in [0.3, 0.4) is 0 Å². The van der Waals surface area contributed by atoms with Crippen LogP contribution in [-0.4, -0.2) is 43.5 Å². The monoisotopic (exact) mass is 262 g/mol. The van der Waals surface area contributed by atoms with Gasteiger partial charge in [-0.15, -0.1) is 0 Å². The first-order valence-electron chi connectivity index (χ1n) is 6.91. The second-order valence-electron chi connectivity index (χ2n) is 5.07. The number of carbonyl (C=O) groups excluding carboxylic acids is 1. The summed E-state index contributed by atoms with van der Waals surface area (Å²) in [6, 6.07) is 8.06. The number of aldehydes is 1. The predicted molar refractivity (Wildman–Crippen MR) is 75.4 cm³/mol. The fourth-order valence-electron chi connectivity index (χ4n) is 2.36. The molecule has 0 radical (unpaired) electrons. The van der Waals surface area contributed by atoms with Crippen LogP contribution >= 0.6 is 0 Å². The number of nitrogens with two attached hydrogens (primary N) is 1. The Morgan fingerprint density at radius 3 is 2.79 bits per heavy atom. The molecule has 0 amide bonds. The Kier molecular flexibility index (Phi) is 5.36. The minimum atomic E-state index is 0.353. The molecule has 4 nitrogen and oxygen atoms in total. The molecule has 0 spiro atoms. The van der Waals surface area contributed by atoms with E-state index in [1.807, 2.05) is 24.3 Å². The number of rotatable bonds is 7. The van der Waals surface area contributed by atoms with Crippen molar-refractivity contribution >= 4 is 6.29 Å². The molecule has 104 valence electrons. The second kappa shape index (κ2) is 7.26. The van der Waals surface area contributed by atoms with Crippen molar-refractivity contribution in [3.8, 4) is 5.75 Å². The fraction of sp³-hybridized carbons (Fsp3) is 0.533. The molecule has 1 aliphatic rings. The van der Waals surface area contributed by atoms with Crippen LogP contribution in [0.25, 0.3) is 0 Å². The predicted octanol–water partition coefficient (Wildman–Crippen LogP) is 1.23. The SMILES string of the molecule is N[C@@H]1CCN(CCCOc2ccc(CC=O)cc2)C1. The Hall–Kier alpha value is -1.39. The molecule has 1 aromatic rings. The summed E-state index contributed by atoms with van der Waals surface area (Å²) in [4.78, 5) is 12.8. The van der Waals surface area contributed by atoms with Crippen LogP contribution in [-0.2, 0) is 11.2 Å². The fourth-order valence-corrected chi connectivity index (χ4v) is 2.36. The van der Waals surface area contributed by atoms with E-state index in [1.54, 1.807) is 0 Å². The molecule has 1 fully saturated rings. The van der Waals surface area contributed by atoms with Crippen molar-refractivity contribution in [2.45, 2.75) is 25.3 Å². The molecule has 2 N–H and O–H groups in total. The van der Waals surface area contributed by atoms with Gasteiger partial charge in [0.2, 0.25) is 0 Å². The highest BCUT2D eigenvalue weighted by atomic mass is 16.5. The van der Waals surface area contributed by atoms with E-state index in [0.717, 1.165) is 56.7 Å². The molecule has 1 aromatic carbocycles. The van der Waals surface area contributed by atoms with E-state index < -0.39 is 0 Å². The summed E-state index contributed by atoms with van der Waals surface area (Å²) in [7, 11) is 0. The highest BCUT2D eigenvalue weighted by Gasteiger charge is 2.17. The zero-order chi connectivity index (χ0) is 13.5. The van der Waals surface area contributed by atoms with Gasteiger partial charge >= 0.3 is 0 Å². The standard InChI is InChI=1S/C15H22N2O2/c16-14-6-9-17(12-14)8-1-11-19-15-4-2-13(3-5-15)7-10-18/h2-5,10,14H,1,6-9,11-12,16H2/t14-/m1/s1. The summed E-state index contributed by atoms with van der Waals surface area (Å²) in [5.41, 5.74) is 6.88. The molecule has 1 atom stereocenters. The second-order valence-corrected chi connectivity index (χ2v) is 5.07. The number of likely N-dealkylation sites (tertiary alicyclic amines) is 1. The van der Waals surface area contributed by atoms with E-state index in [4.69, 9.17) is 10.5 Å². The summed E-state index contributed by atoms with van der Waals surface area (Å²) in [5, 5.41) is 0. The van der Waals surface area contributed by atoms with E-state index in [1.165, 1.54) is 0 Å². The van der Waals surface area contributed by atoms with E-state index >= 15 is 0 Å². The Bertz CT molecular complexity index is 392. The van der Waals surface area contributed by atoms with E-state index in [-0.39, 0.29) is 0 Å². The topological polar surface area (TPSA) is 55.6 Å². The molecule has 4 heteroatoms. The molecular weight excluding hydrogens is 240 g/mol. The average molecular weight is 262 g/mol. The Morgan fingerprint density at radius 1 is 1.37 bits per heavy atom. The van der Waals surface area contributed by atoms with Crippen molar-refractivity contribution < 1.29 is 9.53 Å². The van der Waals surface area contributed by atoms with E-state index in [9.17, 15) is 4.79 Å². The Morgan fingerprint density at radius 2 is 2.16 bits per heavy atom. The number of ether oxygens (including phenoxy) is 1. The molecule has 1 heterocycles. The largest absolute Gasteiger partial charge is 0.494 e. The quantitative estimate of drug-likeness (QED) is 0.593. The van der Waals surface area contributed by atoms with Crippen LogP contribution in [0.1, 0.15) is 18.4 Å². The van der Waals surface area contributed by atoms with Gasteiger partial charge in [0.15, 0.2) is 0 Å². The number of hydrogen-bond donors (Lipinski definition) is 1. The lowest BCUT2D eigenvalue weighted by Gasteiger charge is -2.15. The molecular formula is C15H22N2O2. The van der Waals surface area contributed by atoms with Gasteiger partial charge in [0, 0.05) is 25.6 Å². The van der Waals surface area contributed by atoms with Crippen molar-refractivity contribution in [1.82, 2.24) is 4.90 Å². The molecule has 0 aromatic heterocycles. The lowest BCUT2D eigenvalue weighted by Crippen LogP contribution is -2.28. The maximum Gasteiger partial charge on any atom is 0.124 e. The van der Waals surface area contributed by atoms with Gasteiger partial charge in [-0.1, -0.05) is 12.1 Å². The lowest BCUT2D eigenvalue weighted by molar-refractivity contribution is -0.107. The van der Waals surface area contributed by atoms with Crippen LogP contribution < -0.4 is 10.5 Å². The van der Waals surface area contributed by atoms with Gasteiger partial charge in [-0.2, -0.15) is 0 Å². The maximum absolute atomic E-state index is 10.4. The molecule has 0 aliphatic carbocycles. The lowest BCUT2D eigenvalue weighted by atomic mass is 10.2. The Labute approximate surface area is 114 Å². The van der Waals surface area contributed by atoms with Crippen molar-refractivity contribution in [2.24, 2.45) is 5.73 Å². The minimum absolute atomic E-state index is 0.353. The van der Waals surface area contributed by atoms with Crippen LogP contribution in [0.2, 0.25) is 0 Å². The normalized spacial score (nSPS) is 19.5. The number of hydrogen-bond acceptors (Lipinski definition) is 4. The van der Waals surface area contributed by atoms with Crippen molar-refractivity contribution in [1.29, 1.82) is 0 Å². The van der Waals surface area contributed by atoms with E-state index in [2.05, 4.69) is 4.90 Å². The van der Waals surface area contributed by atoms with Crippen LogP contribution in [0.15, 0.2) is 24.3 Å². The van der Waals surface area contributed by atoms with Crippen LogP contribution in [0.4, 0.5) is 0 Å². The molecule has 1 aliphatic heterocycles. The average Bonchev–Trinajstić information content (AvgIpc) is 2.83. The third-order valence-electron chi connectivity index (χ3n) is 3.44. The van der Waals surface area contributed by atoms with Gasteiger partial charge in [-0.05, 0) is 37.1 Å². The molecule has 0 unspecified atom stereocenters. The molecule has 0 bridgehead atoms. The smallest absolute Gasteiger partial charge is 0.124 e.